The van der Waals surface area contributed by atoms with Crippen molar-refractivity contribution in [1.82, 2.24) is 0 Å². The second-order valence-electron chi connectivity index (χ2n) is 3.98. The van der Waals surface area contributed by atoms with Crippen LogP contribution < -0.4 is 0 Å². The van der Waals surface area contributed by atoms with Gasteiger partial charge < -0.3 is 19.3 Å². The van der Waals surface area contributed by atoms with Crippen molar-refractivity contribution in [2.75, 3.05) is 19.4 Å². The molecule has 0 aromatic carbocycles. The molecular formula is C9H19O5P. The molecule has 90 valence electrons. The number of epoxide rings is 1. The summed E-state index contributed by atoms with van der Waals surface area (Å²) in [5.74, 6) is 0. The monoisotopic (exact) mass is 238 g/mol. The van der Waals surface area contributed by atoms with Crippen LogP contribution >= 0.6 is 7.60 Å². The minimum atomic E-state index is -4.03. The number of rotatable bonds is 7. The van der Waals surface area contributed by atoms with E-state index in [1.807, 2.05) is 13.8 Å². The largest absolute Gasteiger partial charge is 0.372 e. The molecule has 1 atom stereocenters. The summed E-state index contributed by atoms with van der Waals surface area (Å²) in [6, 6.07) is 0. The van der Waals surface area contributed by atoms with Crippen LogP contribution in [0.5, 0.6) is 0 Å². The molecule has 0 bridgehead atoms. The fraction of sp³-hybridized carbons (Fsp3) is 1.00. The Balaban J connectivity index is 2.53. The average Bonchev–Trinajstić information content (AvgIpc) is 2.94. The predicted octanol–water partition coefficient (Wildman–Crippen LogP) is 1.14. The van der Waals surface area contributed by atoms with Gasteiger partial charge in [0.15, 0.2) is 0 Å². The molecule has 1 unspecified atom stereocenters. The lowest BCUT2D eigenvalue weighted by Gasteiger charge is -2.31. The van der Waals surface area contributed by atoms with Crippen molar-refractivity contribution in [2.45, 2.75) is 38.4 Å². The number of hydrogen-bond donors (Lipinski definition) is 2. The van der Waals surface area contributed by atoms with Gasteiger partial charge in [0.1, 0.15) is 6.10 Å². The van der Waals surface area contributed by atoms with Crippen LogP contribution in [0.4, 0.5) is 0 Å². The van der Waals surface area contributed by atoms with Gasteiger partial charge in [0.25, 0.3) is 0 Å². The SMILES string of the molecule is CCC(CC)(CP(=O)(O)O)OCC1CO1. The Bertz CT molecular complexity index is 241. The normalized spacial score (nSPS) is 21.7. The fourth-order valence-corrected chi connectivity index (χ4v) is 2.82. The van der Waals surface area contributed by atoms with Gasteiger partial charge in [-0.15, -0.1) is 0 Å². The molecule has 1 fully saturated rings. The number of ether oxygens (including phenoxy) is 2. The van der Waals surface area contributed by atoms with Crippen LogP contribution in [0.15, 0.2) is 0 Å². The second-order valence-corrected chi connectivity index (χ2v) is 5.62. The summed E-state index contributed by atoms with van der Waals surface area (Å²) in [4.78, 5) is 18.0. The Hall–Kier alpha value is 0.0700. The van der Waals surface area contributed by atoms with Crippen molar-refractivity contribution < 1.29 is 23.8 Å². The molecule has 15 heavy (non-hydrogen) atoms. The highest BCUT2D eigenvalue weighted by Gasteiger charge is 2.37. The van der Waals surface area contributed by atoms with Gasteiger partial charge in [0, 0.05) is 0 Å². The van der Waals surface area contributed by atoms with E-state index in [0.717, 1.165) is 0 Å². The quantitative estimate of drug-likeness (QED) is 0.513. The maximum absolute atomic E-state index is 11.0. The molecule has 0 aromatic heterocycles. The van der Waals surface area contributed by atoms with Crippen LogP contribution in [-0.2, 0) is 14.0 Å². The van der Waals surface area contributed by atoms with Gasteiger partial charge in [0.05, 0.1) is 25.0 Å². The zero-order valence-corrected chi connectivity index (χ0v) is 10.1. The third-order valence-electron chi connectivity index (χ3n) is 2.76. The Morgan fingerprint density at radius 2 is 2.00 bits per heavy atom. The topological polar surface area (TPSA) is 79.3 Å². The summed E-state index contributed by atoms with van der Waals surface area (Å²) in [5, 5.41) is 0. The van der Waals surface area contributed by atoms with Crippen LogP contribution in [0.25, 0.3) is 0 Å². The van der Waals surface area contributed by atoms with Gasteiger partial charge in [-0.05, 0) is 12.8 Å². The Labute approximate surface area is 89.9 Å². The highest BCUT2D eigenvalue weighted by molar-refractivity contribution is 7.51. The Morgan fingerprint density at radius 3 is 2.33 bits per heavy atom. The molecule has 1 rings (SSSR count). The maximum Gasteiger partial charge on any atom is 0.328 e. The summed E-state index contributed by atoms with van der Waals surface area (Å²) in [5.41, 5.74) is -0.703. The summed E-state index contributed by atoms with van der Waals surface area (Å²) in [7, 11) is -4.03. The first-order valence-corrected chi connectivity index (χ1v) is 7.00. The molecule has 5 nitrogen and oxygen atoms in total. The highest BCUT2D eigenvalue weighted by Crippen LogP contribution is 2.42. The van der Waals surface area contributed by atoms with Crippen molar-refractivity contribution in [2.24, 2.45) is 0 Å². The molecule has 1 aliphatic heterocycles. The molecule has 0 saturated carbocycles. The summed E-state index contributed by atoms with van der Waals surface area (Å²) < 4.78 is 21.6. The van der Waals surface area contributed by atoms with E-state index in [0.29, 0.717) is 26.1 Å². The zero-order valence-electron chi connectivity index (χ0n) is 9.18. The molecule has 0 aromatic rings. The second kappa shape index (κ2) is 4.93. The van der Waals surface area contributed by atoms with Crippen molar-refractivity contribution in [1.29, 1.82) is 0 Å². The van der Waals surface area contributed by atoms with Gasteiger partial charge in [-0.25, -0.2) is 0 Å². The maximum atomic E-state index is 11.0. The van der Waals surface area contributed by atoms with E-state index in [2.05, 4.69) is 0 Å². The van der Waals surface area contributed by atoms with Crippen molar-refractivity contribution in [3.8, 4) is 0 Å². The highest BCUT2D eigenvalue weighted by atomic mass is 31.2. The van der Waals surface area contributed by atoms with Gasteiger partial charge in [-0.3, -0.25) is 4.57 Å². The Morgan fingerprint density at radius 1 is 1.47 bits per heavy atom. The molecule has 1 saturated heterocycles. The molecule has 6 heteroatoms. The van der Waals surface area contributed by atoms with E-state index in [4.69, 9.17) is 19.3 Å². The van der Waals surface area contributed by atoms with Gasteiger partial charge >= 0.3 is 7.60 Å². The Kier molecular flexibility index (Phi) is 4.32. The summed E-state index contributed by atoms with van der Waals surface area (Å²) in [6.45, 7) is 4.89. The summed E-state index contributed by atoms with van der Waals surface area (Å²) >= 11 is 0. The molecule has 2 N–H and O–H groups in total. The first-order valence-electron chi connectivity index (χ1n) is 5.21. The van der Waals surface area contributed by atoms with Gasteiger partial charge in [-0.1, -0.05) is 13.8 Å². The van der Waals surface area contributed by atoms with Crippen LogP contribution in [-0.4, -0.2) is 40.9 Å². The first-order chi connectivity index (χ1) is 6.91. The van der Waals surface area contributed by atoms with Crippen molar-refractivity contribution >= 4 is 7.60 Å². The molecule has 0 radical (unpaired) electrons. The van der Waals surface area contributed by atoms with Crippen LogP contribution in [0, 0.1) is 0 Å². The van der Waals surface area contributed by atoms with Crippen molar-refractivity contribution in [3.05, 3.63) is 0 Å². The lowest BCUT2D eigenvalue weighted by molar-refractivity contribution is -0.0429. The van der Waals surface area contributed by atoms with Gasteiger partial charge in [-0.2, -0.15) is 0 Å². The zero-order chi connectivity index (χ0) is 11.5. The van der Waals surface area contributed by atoms with E-state index in [-0.39, 0.29) is 12.3 Å². The molecule has 0 amide bonds. The minimum absolute atomic E-state index is 0.124. The minimum Gasteiger partial charge on any atom is -0.372 e. The lowest BCUT2D eigenvalue weighted by Crippen LogP contribution is -2.36. The third-order valence-corrected chi connectivity index (χ3v) is 3.75. The average molecular weight is 238 g/mol. The molecule has 1 aliphatic rings. The van der Waals surface area contributed by atoms with E-state index >= 15 is 0 Å². The fourth-order valence-electron chi connectivity index (χ4n) is 1.53. The van der Waals surface area contributed by atoms with Crippen LogP contribution in [0.1, 0.15) is 26.7 Å². The number of hydrogen-bond acceptors (Lipinski definition) is 3. The van der Waals surface area contributed by atoms with Crippen molar-refractivity contribution in [3.63, 3.8) is 0 Å². The summed E-state index contributed by atoms with van der Waals surface area (Å²) in [6.07, 6.45) is 1.11. The van der Waals surface area contributed by atoms with E-state index in [9.17, 15) is 4.57 Å². The smallest absolute Gasteiger partial charge is 0.328 e. The molecule has 0 aliphatic carbocycles. The lowest BCUT2D eigenvalue weighted by atomic mass is 10.00. The van der Waals surface area contributed by atoms with Gasteiger partial charge in [0.2, 0.25) is 0 Å². The third kappa shape index (κ3) is 4.62. The van der Waals surface area contributed by atoms with E-state index < -0.39 is 13.2 Å². The molecule has 0 spiro atoms. The van der Waals surface area contributed by atoms with Crippen LogP contribution in [0.2, 0.25) is 0 Å². The van der Waals surface area contributed by atoms with E-state index in [1.54, 1.807) is 0 Å². The predicted molar refractivity (Wildman–Crippen MR) is 55.9 cm³/mol. The first kappa shape index (κ1) is 13.1. The van der Waals surface area contributed by atoms with Crippen LogP contribution in [0.3, 0.4) is 0 Å². The van der Waals surface area contributed by atoms with E-state index in [1.165, 1.54) is 0 Å². The molecule has 1 heterocycles. The molecular weight excluding hydrogens is 219 g/mol. The standard InChI is InChI=1S/C9H19O5P/c1-3-9(4-2,7-15(10,11)12)14-6-8-5-13-8/h8H,3-7H2,1-2H3,(H2,10,11,12).